The Kier molecular flexibility index (Phi) is 7.80. The van der Waals surface area contributed by atoms with E-state index in [1.54, 1.807) is 0 Å². The number of carbonyl (C=O) groups is 2. The minimum absolute atomic E-state index is 0. The molecule has 1 aliphatic rings. The molecule has 14 heavy (non-hydrogen) atoms. The van der Waals surface area contributed by atoms with Crippen LogP contribution >= 0.6 is 0 Å². The van der Waals surface area contributed by atoms with Gasteiger partial charge in [0.1, 0.15) is 0 Å². The van der Waals surface area contributed by atoms with Gasteiger partial charge in [0.15, 0.2) is 11.6 Å². The zero-order chi connectivity index (χ0) is 10.5. The first-order chi connectivity index (χ1) is 5.79. The van der Waals surface area contributed by atoms with Crippen LogP contribution in [-0.2, 0) is 26.7 Å². The van der Waals surface area contributed by atoms with Gasteiger partial charge < -0.3 is 0 Å². The van der Waals surface area contributed by atoms with E-state index in [1.165, 1.54) is 24.3 Å². The van der Waals surface area contributed by atoms with Crippen LogP contribution in [0.5, 0.6) is 0 Å². The maximum absolute atomic E-state index is 10.3. The molecule has 0 saturated heterocycles. The summed E-state index contributed by atoms with van der Waals surface area (Å²) in [6, 6.07) is 0. The summed E-state index contributed by atoms with van der Waals surface area (Å²) in [5, 5.41) is 0. The Morgan fingerprint density at radius 3 is 1.21 bits per heavy atom. The van der Waals surface area contributed by atoms with Crippen molar-refractivity contribution in [2.24, 2.45) is 0 Å². The summed E-state index contributed by atoms with van der Waals surface area (Å²) in [5.41, 5.74) is 0. The third kappa shape index (κ3) is 14.0. The topological polar surface area (TPSA) is 124 Å². The third-order valence-electron chi connectivity index (χ3n) is 0.824. The molecule has 0 spiro atoms. The van der Waals surface area contributed by atoms with Crippen molar-refractivity contribution in [3.05, 3.63) is 24.3 Å². The quantitative estimate of drug-likeness (QED) is 0.355. The number of carbonyl (C=O) groups excluding carboxylic acids is 2. The molecule has 0 aromatic heterocycles. The Bertz CT molecular complexity index is 222. The van der Waals surface area contributed by atoms with E-state index in [2.05, 4.69) is 0 Å². The maximum atomic E-state index is 10.3. The molecule has 0 unspecified atom stereocenters. The van der Waals surface area contributed by atoms with Crippen LogP contribution in [0.1, 0.15) is 0 Å². The van der Waals surface area contributed by atoms with Crippen LogP contribution in [-0.4, -0.2) is 16.2 Å². The van der Waals surface area contributed by atoms with Gasteiger partial charge in [-0.1, -0.05) is 0 Å². The molecule has 0 heterocycles. The Balaban J connectivity index is 0. The average molecular weight is 272 g/mol. The van der Waals surface area contributed by atoms with Crippen LogP contribution in [0.3, 0.4) is 0 Å². The van der Waals surface area contributed by atoms with Crippen LogP contribution in [0.25, 0.3) is 0 Å². The Labute approximate surface area is 91.7 Å². The molecule has 0 aromatic carbocycles. The minimum atomic E-state index is -4.69. The molecule has 6 nitrogen and oxygen atoms in total. The van der Waals surface area contributed by atoms with Crippen molar-refractivity contribution in [2.45, 2.75) is 0 Å². The van der Waals surface area contributed by atoms with Gasteiger partial charge in [0.2, 0.25) is 0 Å². The molecule has 83 valence electrons. The van der Waals surface area contributed by atoms with Gasteiger partial charge in [-0.3, -0.25) is 9.59 Å². The number of allylic oxidation sites excluding steroid dienone is 4. The molecule has 1 radical (unpaired) electrons. The molecule has 1 N–H and O–H groups in total. The van der Waals surface area contributed by atoms with Gasteiger partial charge in [0.05, 0.1) is 14.9 Å². The maximum Gasteiger partial charge on any atom is 0.178 e. The fraction of sp³-hybridized carbons (Fsp3) is 0. The first-order valence-electron chi connectivity index (χ1n) is 2.86. The average Bonchev–Trinajstić information content (AvgIpc) is 1.92. The predicted molar refractivity (Wildman–Crippen MR) is 30.5 cm³/mol. The minimum Gasteiger partial charge on any atom is -0.290 e. The summed E-state index contributed by atoms with van der Waals surface area (Å²) in [4.78, 5) is 20.6. The van der Waals surface area contributed by atoms with Gasteiger partial charge in [0.25, 0.3) is 0 Å². The second kappa shape index (κ2) is 6.85. The molecule has 1 aliphatic carbocycles. The van der Waals surface area contributed by atoms with Crippen molar-refractivity contribution in [3.8, 4) is 0 Å². The zero-order valence-corrected chi connectivity index (χ0v) is 8.17. The van der Waals surface area contributed by atoms with Crippen molar-refractivity contribution in [1.29, 1.82) is 0 Å². The van der Waals surface area contributed by atoms with Crippen molar-refractivity contribution in [2.75, 3.05) is 0 Å². The standard InChI is InChI=1S/C6H4O2.ClHO4.Cu/c7-5-1-2-6(8)4-3-5;2-1(3,4)5;/h1-4H;(H,2,3,4,5);. The fourth-order valence-electron chi connectivity index (χ4n) is 0.440. The van der Waals surface area contributed by atoms with Gasteiger partial charge in [-0.05, 0) is 24.3 Å². The second-order valence-corrected chi connectivity index (χ2v) is 2.66. The second-order valence-electron chi connectivity index (χ2n) is 1.87. The summed E-state index contributed by atoms with van der Waals surface area (Å²) >= 11 is 0. The summed E-state index contributed by atoms with van der Waals surface area (Å²) in [7, 11) is -4.69. The molecular weight excluding hydrogens is 267 g/mol. The van der Waals surface area contributed by atoms with Crippen LogP contribution < -0.4 is 14.0 Å². The Hall–Kier alpha value is -0.531. The molecule has 0 amide bonds. The normalized spacial score (nSPS) is 14.3. The first-order valence-corrected chi connectivity index (χ1v) is 4.13. The predicted octanol–water partition coefficient (Wildman–Crippen LogP) is -3.88. The number of hydrogen-bond acceptors (Lipinski definition) is 6. The summed E-state index contributed by atoms with van der Waals surface area (Å²) in [6.07, 6.45) is 5.01. The molecule has 0 atom stereocenters. The van der Waals surface area contributed by atoms with Crippen molar-refractivity contribution < 1.29 is 55.5 Å². The number of rotatable bonds is 0. The van der Waals surface area contributed by atoms with E-state index in [9.17, 15) is 9.59 Å². The molecule has 1 rings (SSSR count). The molecule has 0 saturated carbocycles. The van der Waals surface area contributed by atoms with E-state index in [1.807, 2.05) is 0 Å². The SMILES string of the molecule is O=C1C=CC(=O)C=C1.[Cu].[O-][Cl+3]([O-])([O-])O. The Morgan fingerprint density at radius 1 is 0.929 bits per heavy atom. The number of hydrogen-bond donors (Lipinski definition) is 1. The van der Waals surface area contributed by atoms with Crippen LogP contribution in [0.15, 0.2) is 24.3 Å². The molecule has 8 heteroatoms. The van der Waals surface area contributed by atoms with Crippen LogP contribution in [0.2, 0.25) is 0 Å². The number of halogens is 1. The summed E-state index contributed by atoms with van der Waals surface area (Å²) in [6.45, 7) is 0. The van der Waals surface area contributed by atoms with E-state index in [-0.39, 0.29) is 28.6 Å². The third-order valence-corrected chi connectivity index (χ3v) is 0.824. The molecule has 0 aliphatic heterocycles. The monoisotopic (exact) mass is 271 g/mol. The number of ketones is 2. The smallest absolute Gasteiger partial charge is 0.178 e. The van der Waals surface area contributed by atoms with E-state index in [0.717, 1.165) is 0 Å². The van der Waals surface area contributed by atoms with Gasteiger partial charge in [-0.25, -0.2) is 0 Å². The van der Waals surface area contributed by atoms with Gasteiger partial charge in [0, 0.05) is 17.1 Å². The largest absolute Gasteiger partial charge is 0.290 e. The van der Waals surface area contributed by atoms with E-state index < -0.39 is 10.2 Å². The van der Waals surface area contributed by atoms with Crippen LogP contribution in [0.4, 0.5) is 0 Å². The zero-order valence-electron chi connectivity index (χ0n) is 6.48. The molecular formula is C6H5ClCuO6. The van der Waals surface area contributed by atoms with Gasteiger partial charge in [-0.15, -0.1) is 0 Å². The summed E-state index contributed by atoms with van der Waals surface area (Å²) < 4.78 is 32.7. The van der Waals surface area contributed by atoms with Gasteiger partial charge >= 0.3 is 0 Å². The van der Waals surface area contributed by atoms with Crippen molar-refractivity contribution in [3.63, 3.8) is 0 Å². The first kappa shape index (κ1) is 15.9. The molecule has 0 bridgehead atoms. The van der Waals surface area contributed by atoms with Crippen LogP contribution in [0, 0.1) is 10.2 Å². The Morgan fingerprint density at radius 2 is 1.07 bits per heavy atom. The van der Waals surface area contributed by atoms with Gasteiger partial charge in [-0.2, -0.15) is 14.0 Å². The molecule has 0 fully saturated rings. The van der Waals surface area contributed by atoms with E-state index >= 15 is 0 Å². The fourth-order valence-corrected chi connectivity index (χ4v) is 0.440. The van der Waals surface area contributed by atoms with E-state index in [0.29, 0.717) is 0 Å². The summed E-state index contributed by atoms with van der Waals surface area (Å²) in [5.74, 6) is -0.241. The van der Waals surface area contributed by atoms with Crippen molar-refractivity contribution >= 4 is 11.6 Å². The van der Waals surface area contributed by atoms with E-state index in [4.69, 9.17) is 18.6 Å². The van der Waals surface area contributed by atoms with Crippen molar-refractivity contribution in [1.82, 2.24) is 0 Å². The molecule has 0 aromatic rings.